The van der Waals surface area contributed by atoms with E-state index in [1.165, 1.54) is 61.4 Å². The van der Waals surface area contributed by atoms with Crippen molar-refractivity contribution in [2.45, 2.75) is 64.2 Å². The highest BCUT2D eigenvalue weighted by molar-refractivity contribution is 9.10. The van der Waals surface area contributed by atoms with Crippen molar-refractivity contribution in [2.75, 3.05) is 13.2 Å². The van der Waals surface area contributed by atoms with E-state index < -0.39 is 0 Å². The van der Waals surface area contributed by atoms with Gasteiger partial charge in [-0.1, -0.05) is 54.2 Å². The summed E-state index contributed by atoms with van der Waals surface area (Å²) in [5.74, 6) is 1.56. The van der Waals surface area contributed by atoms with Crippen molar-refractivity contribution in [3.05, 3.63) is 34.3 Å². The maximum Gasteiger partial charge on any atom is 0.0494 e. The van der Waals surface area contributed by atoms with Crippen LogP contribution < -0.4 is 0 Å². The molecule has 2 rings (SSSR count). The Morgan fingerprint density at radius 2 is 1.71 bits per heavy atom. The Kier molecular flexibility index (Phi) is 7.81. The summed E-state index contributed by atoms with van der Waals surface area (Å²) < 4.78 is 7.05. The molecule has 0 spiro atoms. The van der Waals surface area contributed by atoms with Gasteiger partial charge >= 0.3 is 0 Å². The molecule has 2 heteroatoms. The molecule has 0 amide bonds. The van der Waals surface area contributed by atoms with Crippen LogP contribution in [0.15, 0.2) is 28.7 Å². The van der Waals surface area contributed by atoms with Crippen molar-refractivity contribution in [3.8, 4) is 0 Å². The summed E-state index contributed by atoms with van der Waals surface area (Å²) in [6.45, 7) is 4.20. The van der Waals surface area contributed by atoms with Crippen LogP contribution in [0, 0.1) is 5.92 Å². The minimum Gasteiger partial charge on any atom is -0.381 e. The molecule has 0 unspecified atom stereocenters. The smallest absolute Gasteiger partial charge is 0.0494 e. The molecule has 1 aromatic rings. The molecular weight excluding hydrogens is 324 g/mol. The highest BCUT2D eigenvalue weighted by Crippen LogP contribution is 2.36. The maximum absolute atomic E-state index is 5.87. The lowest BCUT2D eigenvalue weighted by Crippen LogP contribution is -2.18. The van der Waals surface area contributed by atoms with E-state index in [1.54, 1.807) is 0 Å². The van der Waals surface area contributed by atoms with Gasteiger partial charge in [0, 0.05) is 17.7 Å². The largest absolute Gasteiger partial charge is 0.381 e. The van der Waals surface area contributed by atoms with Crippen LogP contribution in [0.4, 0.5) is 0 Å². The quantitative estimate of drug-likeness (QED) is 0.497. The number of halogens is 1. The van der Waals surface area contributed by atoms with Crippen LogP contribution in [-0.2, 0) is 4.74 Å². The summed E-state index contributed by atoms with van der Waals surface area (Å²) in [5, 5.41) is 0. The summed E-state index contributed by atoms with van der Waals surface area (Å²) in [6.07, 6.45) is 10.5. The van der Waals surface area contributed by atoms with Gasteiger partial charge in [0.2, 0.25) is 0 Å². The average Bonchev–Trinajstić information content (AvgIpc) is 2.52. The van der Waals surface area contributed by atoms with E-state index in [4.69, 9.17) is 4.74 Å². The van der Waals surface area contributed by atoms with Crippen LogP contribution in [0.3, 0.4) is 0 Å². The third kappa shape index (κ3) is 6.12. The predicted molar refractivity (Wildman–Crippen MR) is 93.8 cm³/mol. The first-order valence-corrected chi connectivity index (χ1v) is 9.42. The fourth-order valence-electron chi connectivity index (χ4n) is 3.28. The fraction of sp³-hybridized carbons (Fsp3) is 0.684. The number of unbranched alkanes of at least 4 members (excludes halogenated alkanes) is 3. The van der Waals surface area contributed by atoms with E-state index in [-0.39, 0.29) is 0 Å². The van der Waals surface area contributed by atoms with Gasteiger partial charge in [0.15, 0.2) is 0 Å². The number of hydrogen-bond donors (Lipinski definition) is 0. The topological polar surface area (TPSA) is 9.23 Å². The second-order valence-corrected chi connectivity index (χ2v) is 7.32. The number of benzene rings is 1. The summed E-state index contributed by atoms with van der Waals surface area (Å²) in [5.41, 5.74) is 1.51. The van der Waals surface area contributed by atoms with E-state index in [0.717, 1.165) is 25.0 Å². The molecule has 0 atom stereocenters. The molecular formula is C19H29BrO. The molecule has 0 N–H and O–H groups in total. The third-order valence-electron chi connectivity index (χ3n) is 4.68. The molecule has 1 saturated carbocycles. The lowest BCUT2D eigenvalue weighted by Gasteiger charge is -2.28. The molecule has 0 heterocycles. The maximum atomic E-state index is 5.87. The lowest BCUT2D eigenvalue weighted by molar-refractivity contribution is 0.0800. The van der Waals surface area contributed by atoms with Crippen LogP contribution >= 0.6 is 15.9 Å². The van der Waals surface area contributed by atoms with Gasteiger partial charge in [0.25, 0.3) is 0 Å². The van der Waals surface area contributed by atoms with Crippen LogP contribution in [0.1, 0.15) is 69.8 Å². The van der Waals surface area contributed by atoms with Gasteiger partial charge in [0.05, 0.1) is 0 Å². The van der Waals surface area contributed by atoms with E-state index in [9.17, 15) is 0 Å². The Balaban J connectivity index is 1.61. The summed E-state index contributed by atoms with van der Waals surface area (Å²) >= 11 is 3.51. The highest BCUT2D eigenvalue weighted by atomic mass is 79.9. The highest BCUT2D eigenvalue weighted by Gasteiger charge is 2.22. The van der Waals surface area contributed by atoms with Gasteiger partial charge in [-0.15, -0.1) is 0 Å². The zero-order valence-corrected chi connectivity index (χ0v) is 14.9. The Hall–Kier alpha value is -0.340. The van der Waals surface area contributed by atoms with Crippen LogP contribution in [0.2, 0.25) is 0 Å². The molecule has 21 heavy (non-hydrogen) atoms. The monoisotopic (exact) mass is 352 g/mol. The normalized spacial score (nSPS) is 22.4. The summed E-state index contributed by atoms with van der Waals surface area (Å²) in [4.78, 5) is 0. The minimum atomic E-state index is 0.763. The first kappa shape index (κ1) is 17.0. The first-order chi connectivity index (χ1) is 10.3. The molecule has 1 aliphatic rings. The van der Waals surface area contributed by atoms with Gasteiger partial charge in [-0.05, 0) is 61.6 Å². The van der Waals surface area contributed by atoms with Gasteiger partial charge in [-0.2, -0.15) is 0 Å². The lowest BCUT2D eigenvalue weighted by atomic mass is 9.79. The third-order valence-corrected chi connectivity index (χ3v) is 5.21. The van der Waals surface area contributed by atoms with Gasteiger partial charge < -0.3 is 4.74 Å². The first-order valence-electron chi connectivity index (χ1n) is 8.62. The molecule has 1 aliphatic carbocycles. The number of ether oxygens (including phenoxy) is 1. The zero-order valence-electron chi connectivity index (χ0n) is 13.3. The Bertz CT molecular complexity index is 379. The van der Waals surface area contributed by atoms with Crippen molar-refractivity contribution in [2.24, 2.45) is 5.92 Å². The Labute approximate surface area is 138 Å². The second-order valence-electron chi connectivity index (χ2n) is 6.40. The molecule has 0 bridgehead atoms. The molecule has 1 nitrogen and oxygen atoms in total. The molecule has 0 saturated heterocycles. The molecule has 0 aromatic heterocycles. The van der Waals surface area contributed by atoms with Crippen LogP contribution in [0.5, 0.6) is 0 Å². The fourth-order valence-corrected chi connectivity index (χ4v) is 3.54. The van der Waals surface area contributed by atoms with Crippen LogP contribution in [0.25, 0.3) is 0 Å². The molecule has 1 fully saturated rings. The van der Waals surface area contributed by atoms with Crippen molar-refractivity contribution >= 4 is 15.9 Å². The Morgan fingerprint density at radius 3 is 2.38 bits per heavy atom. The molecule has 0 radical (unpaired) electrons. The summed E-state index contributed by atoms with van der Waals surface area (Å²) in [6, 6.07) is 8.89. The van der Waals surface area contributed by atoms with E-state index in [2.05, 4.69) is 47.1 Å². The van der Waals surface area contributed by atoms with E-state index >= 15 is 0 Å². The van der Waals surface area contributed by atoms with Gasteiger partial charge in [-0.3, -0.25) is 0 Å². The van der Waals surface area contributed by atoms with Crippen LogP contribution in [-0.4, -0.2) is 13.2 Å². The standard InChI is InChI=1S/C19H29BrO/c1-2-3-4-5-14-21-15-16-6-8-17(9-7-16)18-10-12-19(20)13-11-18/h10-13,16-17H,2-9,14-15H2,1H3. The van der Waals surface area contributed by atoms with Crippen molar-refractivity contribution < 1.29 is 4.74 Å². The summed E-state index contributed by atoms with van der Waals surface area (Å²) in [7, 11) is 0. The molecule has 1 aromatic carbocycles. The Morgan fingerprint density at radius 1 is 1.00 bits per heavy atom. The SMILES string of the molecule is CCCCCCOCC1CCC(c2ccc(Br)cc2)CC1. The number of rotatable bonds is 8. The zero-order chi connectivity index (χ0) is 14.9. The minimum absolute atomic E-state index is 0.763. The molecule has 0 aliphatic heterocycles. The van der Waals surface area contributed by atoms with E-state index in [1.807, 2.05) is 0 Å². The predicted octanol–water partition coefficient (Wildman–Crippen LogP) is 6.32. The van der Waals surface area contributed by atoms with Gasteiger partial charge in [-0.25, -0.2) is 0 Å². The average molecular weight is 353 g/mol. The molecule has 118 valence electrons. The van der Waals surface area contributed by atoms with Crippen molar-refractivity contribution in [1.29, 1.82) is 0 Å². The van der Waals surface area contributed by atoms with E-state index in [0.29, 0.717) is 0 Å². The second kappa shape index (κ2) is 9.63. The van der Waals surface area contributed by atoms with Crippen molar-refractivity contribution in [1.82, 2.24) is 0 Å². The van der Waals surface area contributed by atoms with Crippen molar-refractivity contribution in [3.63, 3.8) is 0 Å². The number of hydrogen-bond acceptors (Lipinski definition) is 1. The van der Waals surface area contributed by atoms with Gasteiger partial charge in [0.1, 0.15) is 0 Å².